The summed E-state index contributed by atoms with van der Waals surface area (Å²) in [6.07, 6.45) is 4.26. The van der Waals surface area contributed by atoms with E-state index >= 15 is 0 Å². The highest BCUT2D eigenvalue weighted by Crippen LogP contribution is 2.22. The van der Waals surface area contributed by atoms with Crippen LogP contribution in [0.2, 0.25) is 0 Å². The SMILES string of the molecule is CNC(C)C(C)N1CCN2CCCCC2C1. The molecule has 0 saturated carbocycles. The number of likely N-dealkylation sites (N-methyl/N-ethyl adjacent to an activating group) is 1. The molecule has 0 aromatic rings. The quantitative estimate of drug-likeness (QED) is 0.777. The topological polar surface area (TPSA) is 18.5 Å². The molecule has 2 saturated heterocycles. The number of rotatable bonds is 3. The van der Waals surface area contributed by atoms with Crippen molar-refractivity contribution >= 4 is 0 Å². The summed E-state index contributed by atoms with van der Waals surface area (Å²) < 4.78 is 0. The van der Waals surface area contributed by atoms with Gasteiger partial charge in [-0.1, -0.05) is 6.42 Å². The smallest absolute Gasteiger partial charge is 0.0223 e. The molecular weight excluding hydrogens is 198 g/mol. The maximum atomic E-state index is 3.38. The van der Waals surface area contributed by atoms with Crippen molar-refractivity contribution in [2.24, 2.45) is 0 Å². The van der Waals surface area contributed by atoms with Gasteiger partial charge in [0.25, 0.3) is 0 Å². The summed E-state index contributed by atoms with van der Waals surface area (Å²) in [6.45, 7) is 9.81. The Labute approximate surface area is 100 Å². The third-order valence-electron chi connectivity index (χ3n) is 4.62. The number of nitrogens with zero attached hydrogens (tertiary/aromatic N) is 2. The van der Waals surface area contributed by atoms with Crippen molar-refractivity contribution in [2.75, 3.05) is 33.2 Å². The molecule has 94 valence electrons. The lowest BCUT2D eigenvalue weighted by Crippen LogP contribution is -2.59. The molecular formula is C13H27N3. The van der Waals surface area contributed by atoms with Gasteiger partial charge in [-0.25, -0.2) is 0 Å². The van der Waals surface area contributed by atoms with E-state index in [4.69, 9.17) is 0 Å². The van der Waals surface area contributed by atoms with Crippen LogP contribution in [0.25, 0.3) is 0 Å². The molecule has 3 atom stereocenters. The Morgan fingerprint density at radius 1 is 1.12 bits per heavy atom. The number of hydrogen-bond donors (Lipinski definition) is 1. The second kappa shape index (κ2) is 5.48. The van der Waals surface area contributed by atoms with Gasteiger partial charge in [-0.2, -0.15) is 0 Å². The summed E-state index contributed by atoms with van der Waals surface area (Å²) in [6, 6.07) is 2.10. The lowest BCUT2D eigenvalue weighted by Gasteiger charge is -2.47. The molecule has 0 spiro atoms. The number of piperazine rings is 1. The van der Waals surface area contributed by atoms with Crippen LogP contribution in [0.5, 0.6) is 0 Å². The zero-order valence-corrected chi connectivity index (χ0v) is 11.1. The maximum absolute atomic E-state index is 3.38. The van der Waals surface area contributed by atoms with Crippen molar-refractivity contribution in [1.29, 1.82) is 0 Å². The molecule has 2 rings (SSSR count). The molecule has 0 aromatic heterocycles. The number of piperidine rings is 1. The molecule has 0 aliphatic carbocycles. The second-order valence-corrected chi connectivity index (χ2v) is 5.50. The fourth-order valence-electron chi connectivity index (χ4n) is 3.11. The molecule has 2 aliphatic heterocycles. The Morgan fingerprint density at radius 3 is 2.69 bits per heavy atom. The molecule has 3 unspecified atom stereocenters. The number of nitrogens with one attached hydrogen (secondary N) is 1. The van der Waals surface area contributed by atoms with Gasteiger partial charge in [0, 0.05) is 37.8 Å². The normalized spacial score (nSPS) is 32.1. The molecule has 0 amide bonds. The van der Waals surface area contributed by atoms with Crippen LogP contribution in [-0.4, -0.2) is 61.2 Å². The maximum Gasteiger partial charge on any atom is 0.0223 e. The first kappa shape index (κ1) is 12.3. The van der Waals surface area contributed by atoms with Crippen LogP contribution >= 0.6 is 0 Å². The molecule has 0 bridgehead atoms. The van der Waals surface area contributed by atoms with Gasteiger partial charge in [0.15, 0.2) is 0 Å². The van der Waals surface area contributed by atoms with Gasteiger partial charge >= 0.3 is 0 Å². The van der Waals surface area contributed by atoms with Gasteiger partial charge in [-0.3, -0.25) is 9.80 Å². The van der Waals surface area contributed by atoms with Gasteiger partial charge in [0.05, 0.1) is 0 Å². The first-order valence-corrected chi connectivity index (χ1v) is 6.87. The summed E-state index contributed by atoms with van der Waals surface area (Å²) >= 11 is 0. The monoisotopic (exact) mass is 225 g/mol. The molecule has 2 fully saturated rings. The molecule has 2 aliphatic rings. The lowest BCUT2D eigenvalue weighted by molar-refractivity contribution is 0.0246. The van der Waals surface area contributed by atoms with Crippen molar-refractivity contribution in [3.8, 4) is 0 Å². The first-order chi connectivity index (χ1) is 7.72. The number of fused-ring (bicyclic) bond motifs is 1. The van der Waals surface area contributed by atoms with Crippen molar-refractivity contribution in [3.63, 3.8) is 0 Å². The van der Waals surface area contributed by atoms with E-state index in [-0.39, 0.29) is 0 Å². The van der Waals surface area contributed by atoms with E-state index in [0.29, 0.717) is 12.1 Å². The summed E-state index contributed by atoms with van der Waals surface area (Å²) in [5, 5.41) is 3.38. The highest BCUT2D eigenvalue weighted by Gasteiger charge is 2.31. The van der Waals surface area contributed by atoms with Gasteiger partial charge in [-0.05, 0) is 40.3 Å². The van der Waals surface area contributed by atoms with Crippen molar-refractivity contribution in [3.05, 3.63) is 0 Å². The minimum absolute atomic E-state index is 0.593. The Morgan fingerprint density at radius 2 is 1.94 bits per heavy atom. The van der Waals surface area contributed by atoms with Crippen LogP contribution in [0.4, 0.5) is 0 Å². The van der Waals surface area contributed by atoms with Gasteiger partial charge in [-0.15, -0.1) is 0 Å². The van der Waals surface area contributed by atoms with Crippen LogP contribution in [0.3, 0.4) is 0 Å². The van der Waals surface area contributed by atoms with Crippen LogP contribution in [0, 0.1) is 0 Å². The summed E-state index contributed by atoms with van der Waals surface area (Å²) in [7, 11) is 2.07. The zero-order chi connectivity index (χ0) is 11.5. The molecule has 0 radical (unpaired) electrons. The van der Waals surface area contributed by atoms with E-state index in [1.807, 2.05) is 0 Å². The highest BCUT2D eigenvalue weighted by atomic mass is 15.3. The van der Waals surface area contributed by atoms with E-state index in [1.165, 1.54) is 45.4 Å². The molecule has 1 N–H and O–H groups in total. The molecule has 2 heterocycles. The first-order valence-electron chi connectivity index (χ1n) is 6.87. The van der Waals surface area contributed by atoms with Gasteiger partial charge < -0.3 is 5.32 Å². The van der Waals surface area contributed by atoms with E-state index in [0.717, 1.165) is 6.04 Å². The number of hydrogen-bond acceptors (Lipinski definition) is 3. The third kappa shape index (κ3) is 2.58. The van der Waals surface area contributed by atoms with Gasteiger partial charge in [0.1, 0.15) is 0 Å². The predicted molar refractivity (Wildman–Crippen MR) is 68.8 cm³/mol. The van der Waals surface area contributed by atoms with Crippen molar-refractivity contribution in [2.45, 2.75) is 51.2 Å². The lowest BCUT2D eigenvalue weighted by atomic mass is 9.98. The Balaban J connectivity index is 1.89. The van der Waals surface area contributed by atoms with Crippen molar-refractivity contribution < 1.29 is 0 Å². The molecule has 3 nitrogen and oxygen atoms in total. The van der Waals surface area contributed by atoms with Gasteiger partial charge in [0.2, 0.25) is 0 Å². The minimum atomic E-state index is 0.593. The van der Waals surface area contributed by atoms with Crippen molar-refractivity contribution in [1.82, 2.24) is 15.1 Å². The average Bonchev–Trinajstić information content (AvgIpc) is 2.36. The third-order valence-corrected chi connectivity index (χ3v) is 4.62. The molecule has 16 heavy (non-hydrogen) atoms. The zero-order valence-electron chi connectivity index (χ0n) is 11.1. The van der Waals surface area contributed by atoms with Crippen LogP contribution in [0.15, 0.2) is 0 Å². The van der Waals surface area contributed by atoms with E-state index in [1.54, 1.807) is 0 Å². The second-order valence-electron chi connectivity index (χ2n) is 5.50. The van der Waals surface area contributed by atoms with E-state index in [2.05, 4.69) is 36.0 Å². The summed E-state index contributed by atoms with van der Waals surface area (Å²) in [5.41, 5.74) is 0. The fraction of sp³-hybridized carbons (Fsp3) is 1.00. The minimum Gasteiger partial charge on any atom is -0.316 e. The Bertz CT molecular complexity index is 219. The highest BCUT2D eigenvalue weighted by molar-refractivity contribution is 4.89. The van der Waals surface area contributed by atoms with E-state index in [9.17, 15) is 0 Å². The standard InChI is InChI=1S/C13H27N3/c1-11(14-3)12(2)16-9-8-15-7-5-4-6-13(15)10-16/h11-14H,4-10H2,1-3H3. The molecule has 0 aromatic carbocycles. The van der Waals surface area contributed by atoms with Crippen LogP contribution in [-0.2, 0) is 0 Å². The Kier molecular flexibility index (Phi) is 4.22. The fourth-order valence-corrected chi connectivity index (χ4v) is 3.11. The van der Waals surface area contributed by atoms with Crippen LogP contribution < -0.4 is 5.32 Å². The predicted octanol–water partition coefficient (Wildman–Crippen LogP) is 1.15. The summed E-state index contributed by atoms with van der Waals surface area (Å²) in [5.74, 6) is 0. The summed E-state index contributed by atoms with van der Waals surface area (Å²) in [4.78, 5) is 5.38. The largest absolute Gasteiger partial charge is 0.316 e. The molecule has 3 heteroatoms. The average molecular weight is 225 g/mol. The van der Waals surface area contributed by atoms with E-state index < -0.39 is 0 Å². The van der Waals surface area contributed by atoms with Crippen LogP contribution in [0.1, 0.15) is 33.1 Å². The Hall–Kier alpha value is -0.120.